The van der Waals surface area contributed by atoms with Crippen LogP contribution in [0.4, 0.5) is 17.1 Å². The van der Waals surface area contributed by atoms with Crippen molar-refractivity contribution in [2.24, 2.45) is 0 Å². The molecule has 11 rings (SSSR count). The van der Waals surface area contributed by atoms with Crippen LogP contribution in [0.1, 0.15) is 44.5 Å². The van der Waals surface area contributed by atoms with Crippen LogP contribution in [-0.4, -0.2) is 0 Å². The molecule has 0 atom stereocenters. The van der Waals surface area contributed by atoms with Gasteiger partial charge in [0.05, 0.1) is 10.8 Å². The van der Waals surface area contributed by atoms with E-state index in [9.17, 15) is 0 Å². The van der Waals surface area contributed by atoms with E-state index in [-0.39, 0.29) is 0 Å². The fourth-order valence-corrected chi connectivity index (χ4v) is 11.1. The van der Waals surface area contributed by atoms with Gasteiger partial charge in [-0.1, -0.05) is 200 Å². The average Bonchev–Trinajstić information content (AvgIpc) is 3.31. The van der Waals surface area contributed by atoms with Crippen LogP contribution in [0, 0.1) is 0 Å². The van der Waals surface area contributed by atoms with Gasteiger partial charge >= 0.3 is 0 Å². The monoisotopic (exact) mass is 757 g/mol. The maximum Gasteiger partial charge on any atom is 0.0729 e. The number of para-hydroxylation sites is 1. The summed E-state index contributed by atoms with van der Waals surface area (Å²) >= 11 is 1.89. The molecular weight excluding hydrogens is 719 g/mol. The highest BCUT2D eigenvalue weighted by molar-refractivity contribution is 7.99. The smallest absolute Gasteiger partial charge is 0.0729 e. The molecule has 9 aromatic carbocycles. The molecule has 0 aromatic heterocycles. The van der Waals surface area contributed by atoms with Crippen LogP contribution < -0.4 is 4.90 Å². The number of fused-ring (bicyclic) bond motifs is 8. The van der Waals surface area contributed by atoms with Gasteiger partial charge in [-0.2, -0.15) is 0 Å². The maximum atomic E-state index is 2.51. The summed E-state index contributed by atoms with van der Waals surface area (Å²) in [7, 11) is 0. The molecule has 0 unspecified atom stereocenters. The predicted octanol–water partition coefficient (Wildman–Crippen LogP) is 14.4. The van der Waals surface area contributed by atoms with Crippen LogP contribution in [-0.2, 0) is 10.8 Å². The normalized spacial score (nSPS) is 14.1. The Bertz CT molecular complexity index is 2820. The van der Waals surface area contributed by atoms with Gasteiger partial charge in [0, 0.05) is 26.9 Å². The molecule has 0 N–H and O–H groups in total. The van der Waals surface area contributed by atoms with E-state index in [4.69, 9.17) is 0 Å². The standard InChI is InChI=1S/C56H39NS/c1-5-19-40(20-6-1)41-33-35-45(36-34-41)57(44-25-11-4-12-26-44)46-37-38-49-52(39-46)55(42-21-7-2-8-22-42,43-23-9-3-10-24-43)47-27-13-14-28-48(47)56(49)50-29-15-17-31-53(50)58-54-32-18-16-30-51(54)56/h1-39H. The minimum Gasteiger partial charge on any atom is -0.310 e. The molecule has 0 radical (unpaired) electrons. The average molecular weight is 758 g/mol. The fourth-order valence-electron chi connectivity index (χ4n) is 9.93. The number of anilines is 3. The Morgan fingerprint density at radius 3 is 1.24 bits per heavy atom. The van der Waals surface area contributed by atoms with Gasteiger partial charge in [0.15, 0.2) is 0 Å². The molecule has 0 saturated heterocycles. The second-order valence-electron chi connectivity index (χ2n) is 15.2. The van der Waals surface area contributed by atoms with Crippen molar-refractivity contribution >= 4 is 28.8 Å². The largest absolute Gasteiger partial charge is 0.310 e. The first-order valence-electron chi connectivity index (χ1n) is 20.0. The predicted molar refractivity (Wildman–Crippen MR) is 241 cm³/mol. The summed E-state index contributed by atoms with van der Waals surface area (Å²) in [6, 6.07) is 87.6. The zero-order valence-corrected chi connectivity index (χ0v) is 32.7. The first-order chi connectivity index (χ1) is 28.8. The summed E-state index contributed by atoms with van der Waals surface area (Å²) in [4.78, 5) is 5.01. The summed E-state index contributed by atoms with van der Waals surface area (Å²) in [5.74, 6) is 0. The number of hydrogen-bond acceptors (Lipinski definition) is 2. The molecule has 9 aromatic rings. The summed E-state index contributed by atoms with van der Waals surface area (Å²) < 4.78 is 0. The Morgan fingerprint density at radius 2 is 0.672 bits per heavy atom. The Hall–Kier alpha value is -6.87. The lowest BCUT2D eigenvalue weighted by Crippen LogP contribution is -2.46. The minimum atomic E-state index is -0.635. The van der Waals surface area contributed by atoms with Crippen molar-refractivity contribution in [3.05, 3.63) is 281 Å². The van der Waals surface area contributed by atoms with Crippen LogP contribution in [0.25, 0.3) is 11.1 Å². The Balaban J connectivity index is 1.27. The summed E-state index contributed by atoms with van der Waals surface area (Å²) in [6.45, 7) is 0. The van der Waals surface area contributed by atoms with Crippen LogP contribution >= 0.6 is 11.8 Å². The highest BCUT2D eigenvalue weighted by atomic mass is 32.2. The molecule has 0 fully saturated rings. The van der Waals surface area contributed by atoms with Crippen LogP contribution in [0.5, 0.6) is 0 Å². The van der Waals surface area contributed by atoms with Gasteiger partial charge in [-0.05, 0) is 104 Å². The molecule has 2 aliphatic rings. The molecule has 0 bridgehead atoms. The second kappa shape index (κ2) is 14.0. The van der Waals surface area contributed by atoms with E-state index < -0.39 is 10.8 Å². The summed E-state index contributed by atoms with van der Waals surface area (Å²) in [5, 5.41) is 0. The summed E-state index contributed by atoms with van der Waals surface area (Å²) in [6.07, 6.45) is 0. The molecule has 58 heavy (non-hydrogen) atoms. The van der Waals surface area contributed by atoms with Crippen LogP contribution in [0.3, 0.4) is 0 Å². The molecule has 1 heterocycles. The molecule has 274 valence electrons. The Labute approximate surface area is 344 Å². The topological polar surface area (TPSA) is 3.24 Å². The lowest BCUT2D eigenvalue weighted by atomic mass is 9.50. The van der Waals surface area contributed by atoms with Crippen molar-refractivity contribution in [1.29, 1.82) is 0 Å². The van der Waals surface area contributed by atoms with Gasteiger partial charge in [-0.3, -0.25) is 0 Å². The van der Waals surface area contributed by atoms with Gasteiger partial charge in [0.2, 0.25) is 0 Å². The van der Waals surface area contributed by atoms with Crippen molar-refractivity contribution < 1.29 is 0 Å². The van der Waals surface area contributed by atoms with Crippen molar-refractivity contribution in [3.8, 4) is 11.1 Å². The highest BCUT2D eigenvalue weighted by Gasteiger charge is 2.56. The van der Waals surface area contributed by atoms with Gasteiger partial charge in [-0.25, -0.2) is 0 Å². The van der Waals surface area contributed by atoms with Gasteiger partial charge in [0.1, 0.15) is 0 Å². The number of rotatable bonds is 6. The summed E-state index contributed by atoms with van der Waals surface area (Å²) in [5.41, 5.74) is 14.9. The fraction of sp³-hybridized carbons (Fsp3) is 0.0357. The van der Waals surface area contributed by atoms with Crippen molar-refractivity contribution in [2.75, 3.05) is 4.90 Å². The zero-order valence-electron chi connectivity index (χ0n) is 31.9. The zero-order chi connectivity index (χ0) is 38.5. The third-order valence-corrected chi connectivity index (χ3v) is 13.4. The lowest BCUT2D eigenvalue weighted by molar-refractivity contribution is 0.599. The van der Waals surface area contributed by atoms with E-state index in [0.29, 0.717) is 0 Å². The van der Waals surface area contributed by atoms with Gasteiger partial charge in [0.25, 0.3) is 0 Å². The molecule has 1 spiro atoms. The van der Waals surface area contributed by atoms with Crippen LogP contribution in [0.2, 0.25) is 0 Å². The van der Waals surface area contributed by atoms with E-state index in [0.717, 1.165) is 17.1 Å². The van der Waals surface area contributed by atoms with E-state index in [1.54, 1.807) is 0 Å². The van der Waals surface area contributed by atoms with E-state index in [1.807, 2.05) is 11.8 Å². The highest BCUT2D eigenvalue weighted by Crippen LogP contribution is 2.64. The van der Waals surface area contributed by atoms with Crippen molar-refractivity contribution in [2.45, 2.75) is 20.6 Å². The molecular formula is C56H39NS. The van der Waals surface area contributed by atoms with Gasteiger partial charge in [-0.15, -0.1) is 0 Å². The SMILES string of the molecule is c1ccc(-c2ccc(N(c3ccccc3)c3ccc4c(c3)C(c3ccccc3)(c3ccccc3)c3ccccc3C43c4ccccc4Sc4ccccc43)cc2)cc1. The van der Waals surface area contributed by atoms with Crippen molar-refractivity contribution in [1.82, 2.24) is 0 Å². The van der Waals surface area contributed by atoms with Crippen molar-refractivity contribution in [3.63, 3.8) is 0 Å². The Morgan fingerprint density at radius 1 is 0.276 bits per heavy atom. The Kier molecular flexibility index (Phi) is 8.27. The third-order valence-electron chi connectivity index (χ3n) is 12.3. The second-order valence-corrected chi connectivity index (χ2v) is 16.3. The quantitative estimate of drug-likeness (QED) is 0.166. The molecule has 1 aliphatic heterocycles. The van der Waals surface area contributed by atoms with E-state index >= 15 is 0 Å². The lowest BCUT2D eigenvalue weighted by Gasteiger charge is -2.52. The molecule has 1 nitrogen and oxygen atoms in total. The first-order valence-corrected chi connectivity index (χ1v) is 20.8. The molecule has 0 amide bonds. The molecule has 2 heteroatoms. The minimum absolute atomic E-state index is 0.565. The number of hydrogen-bond donors (Lipinski definition) is 0. The molecule has 0 saturated carbocycles. The van der Waals surface area contributed by atoms with Crippen LogP contribution in [0.15, 0.2) is 246 Å². The third kappa shape index (κ3) is 5.12. The first kappa shape index (κ1) is 34.4. The molecule has 1 aliphatic carbocycles. The maximum absolute atomic E-state index is 2.51. The number of benzene rings is 9. The van der Waals surface area contributed by atoms with Gasteiger partial charge < -0.3 is 4.90 Å². The van der Waals surface area contributed by atoms with E-state index in [2.05, 4.69) is 241 Å². The van der Waals surface area contributed by atoms with E-state index in [1.165, 1.54) is 65.4 Å². The number of nitrogens with zero attached hydrogens (tertiary/aromatic N) is 1.